The third-order valence-electron chi connectivity index (χ3n) is 5.33. The average molecular weight is 446 g/mol. The van der Waals surface area contributed by atoms with Gasteiger partial charge in [0.15, 0.2) is 0 Å². The van der Waals surface area contributed by atoms with Crippen LogP contribution in [0.25, 0.3) is 39.6 Å². The van der Waals surface area contributed by atoms with Crippen LogP contribution < -0.4 is 4.74 Å². The smallest absolute Gasteiger partial charge is 0.149 e. The zero-order valence-corrected chi connectivity index (χ0v) is 18.9. The summed E-state index contributed by atoms with van der Waals surface area (Å²) in [6.45, 7) is 4.00. The number of rotatable bonds is 6. The van der Waals surface area contributed by atoms with Crippen molar-refractivity contribution in [3.05, 3.63) is 96.4 Å². The number of para-hydroxylation sites is 3. The third kappa shape index (κ3) is 4.32. The monoisotopic (exact) mass is 445 g/mol. The van der Waals surface area contributed by atoms with Gasteiger partial charge in [-0.15, -0.1) is 0 Å². The summed E-state index contributed by atoms with van der Waals surface area (Å²) < 4.78 is 7.61. The Bertz CT molecular complexity index is 1470. The number of nitriles is 1. The predicted molar refractivity (Wildman–Crippen MR) is 134 cm³/mol. The van der Waals surface area contributed by atoms with Gasteiger partial charge in [-0.1, -0.05) is 30.3 Å². The molecule has 0 unspecified atom stereocenters. The summed E-state index contributed by atoms with van der Waals surface area (Å²) >= 11 is 0. The molecule has 0 radical (unpaired) electrons. The minimum atomic E-state index is 0.101. The van der Waals surface area contributed by atoms with Gasteiger partial charge in [0.2, 0.25) is 0 Å². The molecule has 1 N–H and O–H groups in total. The highest BCUT2D eigenvalue weighted by Crippen LogP contribution is 2.29. The number of aromatic amines is 1. The Morgan fingerprint density at radius 2 is 1.74 bits per heavy atom. The van der Waals surface area contributed by atoms with E-state index in [1.807, 2.05) is 110 Å². The first-order valence-electron chi connectivity index (χ1n) is 11.1. The Hall–Kier alpha value is -4.63. The number of benzene rings is 3. The highest BCUT2D eigenvalue weighted by atomic mass is 16.5. The maximum Gasteiger partial charge on any atom is 0.149 e. The number of fused-ring (bicyclic) bond motifs is 1. The van der Waals surface area contributed by atoms with E-state index < -0.39 is 0 Å². The summed E-state index contributed by atoms with van der Waals surface area (Å²) in [5.41, 5.74) is 5.59. The summed E-state index contributed by atoms with van der Waals surface area (Å²) in [4.78, 5) is 7.84. The normalized spacial score (nSPS) is 11.6. The van der Waals surface area contributed by atoms with Crippen molar-refractivity contribution in [2.75, 3.05) is 0 Å². The van der Waals surface area contributed by atoms with Gasteiger partial charge in [0.1, 0.15) is 17.6 Å². The molecule has 6 heteroatoms. The van der Waals surface area contributed by atoms with Crippen LogP contribution in [-0.4, -0.2) is 25.9 Å². The third-order valence-corrected chi connectivity index (χ3v) is 5.33. The fourth-order valence-corrected chi connectivity index (χ4v) is 3.78. The number of nitrogens with one attached hydrogen (secondary N) is 1. The van der Waals surface area contributed by atoms with Crippen molar-refractivity contribution in [3.8, 4) is 28.8 Å². The van der Waals surface area contributed by atoms with E-state index in [-0.39, 0.29) is 6.10 Å². The molecule has 0 aliphatic carbocycles. The minimum absolute atomic E-state index is 0.101. The molecule has 0 saturated carbocycles. The Labute approximate surface area is 197 Å². The van der Waals surface area contributed by atoms with E-state index in [0.717, 1.165) is 39.3 Å². The van der Waals surface area contributed by atoms with E-state index in [1.165, 1.54) is 0 Å². The van der Waals surface area contributed by atoms with Crippen LogP contribution in [0.15, 0.2) is 85.1 Å². The SMILES string of the molecule is CC(C)Oc1ccc(-c2nn(-c3ccccc3)cc2/C=C(\C#N)c2nc3ccccc3[nH]2)cc1. The van der Waals surface area contributed by atoms with Crippen molar-refractivity contribution in [3.63, 3.8) is 0 Å². The molecule has 0 atom stereocenters. The molecule has 5 rings (SSSR count). The molecular formula is C28H23N5O. The lowest BCUT2D eigenvalue weighted by molar-refractivity contribution is 0.242. The Morgan fingerprint density at radius 3 is 2.44 bits per heavy atom. The molecule has 0 spiro atoms. The van der Waals surface area contributed by atoms with Crippen molar-refractivity contribution in [1.29, 1.82) is 5.26 Å². The molecule has 0 aliphatic rings. The first kappa shape index (κ1) is 21.2. The Kier molecular flexibility index (Phi) is 5.67. The Balaban J connectivity index is 1.61. The lowest BCUT2D eigenvalue weighted by Gasteiger charge is -2.09. The molecule has 0 saturated heterocycles. The quantitative estimate of drug-likeness (QED) is 0.313. The molecule has 166 valence electrons. The van der Waals surface area contributed by atoms with E-state index in [9.17, 15) is 5.26 Å². The molecule has 34 heavy (non-hydrogen) atoms. The first-order chi connectivity index (χ1) is 16.6. The van der Waals surface area contributed by atoms with Gasteiger partial charge in [-0.3, -0.25) is 0 Å². The topological polar surface area (TPSA) is 79.5 Å². The molecule has 2 heterocycles. The second-order valence-corrected chi connectivity index (χ2v) is 8.18. The van der Waals surface area contributed by atoms with Crippen LogP contribution in [0.5, 0.6) is 5.75 Å². The number of aromatic nitrogens is 4. The minimum Gasteiger partial charge on any atom is -0.491 e. The van der Waals surface area contributed by atoms with Crippen LogP contribution in [0.4, 0.5) is 0 Å². The van der Waals surface area contributed by atoms with Crippen LogP contribution in [0.2, 0.25) is 0 Å². The molecule has 2 aromatic heterocycles. The molecule has 0 fully saturated rings. The lowest BCUT2D eigenvalue weighted by Crippen LogP contribution is -2.05. The highest BCUT2D eigenvalue weighted by Gasteiger charge is 2.15. The fourth-order valence-electron chi connectivity index (χ4n) is 3.78. The number of ether oxygens (including phenoxy) is 1. The molecule has 0 aliphatic heterocycles. The average Bonchev–Trinajstić information content (AvgIpc) is 3.47. The number of hydrogen-bond donors (Lipinski definition) is 1. The molecular weight excluding hydrogens is 422 g/mol. The molecule has 0 bridgehead atoms. The number of imidazole rings is 1. The summed E-state index contributed by atoms with van der Waals surface area (Å²) in [6.07, 6.45) is 3.87. The van der Waals surface area contributed by atoms with Gasteiger partial charge in [0.25, 0.3) is 0 Å². The van der Waals surface area contributed by atoms with Gasteiger partial charge in [0.05, 0.1) is 34.1 Å². The van der Waals surface area contributed by atoms with E-state index in [1.54, 1.807) is 0 Å². The number of nitrogens with zero attached hydrogens (tertiary/aromatic N) is 4. The molecule has 3 aromatic carbocycles. The van der Waals surface area contributed by atoms with E-state index in [4.69, 9.17) is 9.84 Å². The van der Waals surface area contributed by atoms with Gasteiger partial charge in [-0.05, 0) is 68.5 Å². The van der Waals surface area contributed by atoms with Crippen LogP contribution >= 0.6 is 0 Å². The zero-order chi connectivity index (χ0) is 23.5. The van der Waals surface area contributed by atoms with E-state index >= 15 is 0 Å². The van der Waals surface area contributed by atoms with Gasteiger partial charge >= 0.3 is 0 Å². The first-order valence-corrected chi connectivity index (χ1v) is 11.1. The maximum absolute atomic E-state index is 9.95. The van der Waals surface area contributed by atoms with Gasteiger partial charge < -0.3 is 9.72 Å². The highest BCUT2D eigenvalue weighted by molar-refractivity contribution is 5.92. The number of allylic oxidation sites excluding steroid dienone is 1. The summed E-state index contributed by atoms with van der Waals surface area (Å²) in [5.74, 6) is 1.33. The van der Waals surface area contributed by atoms with E-state index in [0.29, 0.717) is 11.4 Å². The van der Waals surface area contributed by atoms with Crippen molar-refractivity contribution < 1.29 is 4.74 Å². The largest absolute Gasteiger partial charge is 0.491 e. The maximum atomic E-state index is 9.95. The number of H-pyrrole nitrogens is 1. The molecule has 0 amide bonds. The van der Waals surface area contributed by atoms with Crippen molar-refractivity contribution in [2.45, 2.75) is 20.0 Å². The number of hydrogen-bond acceptors (Lipinski definition) is 4. The summed E-state index contributed by atoms with van der Waals surface area (Å²) in [5, 5.41) is 14.8. The predicted octanol–water partition coefficient (Wildman–Crippen LogP) is 6.27. The van der Waals surface area contributed by atoms with Crippen LogP contribution in [0, 0.1) is 11.3 Å². The van der Waals surface area contributed by atoms with Crippen molar-refractivity contribution in [1.82, 2.24) is 19.7 Å². The van der Waals surface area contributed by atoms with E-state index in [2.05, 4.69) is 16.0 Å². The van der Waals surface area contributed by atoms with Crippen molar-refractivity contribution in [2.24, 2.45) is 0 Å². The molecule has 6 nitrogen and oxygen atoms in total. The Morgan fingerprint density at radius 1 is 1.00 bits per heavy atom. The second-order valence-electron chi connectivity index (χ2n) is 8.18. The van der Waals surface area contributed by atoms with Crippen LogP contribution in [0.1, 0.15) is 25.2 Å². The summed E-state index contributed by atoms with van der Waals surface area (Å²) in [6, 6.07) is 27.8. The fraction of sp³-hybridized carbons (Fsp3) is 0.107. The second kappa shape index (κ2) is 9.08. The van der Waals surface area contributed by atoms with Gasteiger partial charge in [-0.25, -0.2) is 9.67 Å². The standard InChI is InChI=1S/C28H23N5O/c1-19(2)34-24-14-12-20(13-15-24)27-22(18-33(32-27)23-8-4-3-5-9-23)16-21(17-29)28-30-25-10-6-7-11-26(25)31-28/h3-16,18-19H,1-2H3,(H,30,31)/b21-16+. The van der Waals surface area contributed by atoms with Crippen molar-refractivity contribution >= 4 is 22.7 Å². The lowest BCUT2D eigenvalue weighted by atomic mass is 10.1. The van der Waals surface area contributed by atoms with Crippen LogP contribution in [0.3, 0.4) is 0 Å². The van der Waals surface area contributed by atoms with Gasteiger partial charge in [0, 0.05) is 17.3 Å². The van der Waals surface area contributed by atoms with Crippen LogP contribution in [-0.2, 0) is 0 Å². The molecule has 5 aromatic rings. The summed E-state index contributed by atoms with van der Waals surface area (Å²) in [7, 11) is 0. The van der Waals surface area contributed by atoms with Gasteiger partial charge in [-0.2, -0.15) is 10.4 Å². The zero-order valence-electron chi connectivity index (χ0n) is 18.9.